The van der Waals surface area contributed by atoms with E-state index >= 15 is 0 Å². The standard InChI is InChI=1S/C29H28N4O3/c1-21-10-6-7-13-24(21)29(17-27(35)33(28(29)36)19-22-11-4-3-5-12-22)16-26(34)31(2)20-23-18-30-25-14-8-9-15-32(23)25/h3-15,18H,16-17,19-20H2,1-2H3/t29-/m1/s1. The average Bonchev–Trinajstić information content (AvgIpc) is 3.39. The number of fused-ring (bicyclic) bond motifs is 1. The highest BCUT2D eigenvalue weighted by Gasteiger charge is 2.54. The Morgan fingerprint density at radius 3 is 2.50 bits per heavy atom. The molecule has 3 heterocycles. The number of nitrogens with zero attached hydrogens (tertiary/aromatic N) is 4. The van der Waals surface area contributed by atoms with E-state index in [1.807, 2.05) is 90.3 Å². The van der Waals surface area contributed by atoms with E-state index in [-0.39, 0.29) is 37.1 Å². The van der Waals surface area contributed by atoms with Gasteiger partial charge in [-0.05, 0) is 35.7 Å². The lowest BCUT2D eigenvalue weighted by Crippen LogP contribution is -2.43. The Kier molecular flexibility index (Phi) is 6.14. The monoisotopic (exact) mass is 480 g/mol. The molecule has 0 radical (unpaired) electrons. The molecule has 1 fully saturated rings. The van der Waals surface area contributed by atoms with Crippen LogP contribution in [0.5, 0.6) is 0 Å². The van der Waals surface area contributed by atoms with Gasteiger partial charge in [0, 0.05) is 26.1 Å². The van der Waals surface area contributed by atoms with Gasteiger partial charge in [-0.25, -0.2) is 4.98 Å². The van der Waals surface area contributed by atoms with E-state index in [9.17, 15) is 14.4 Å². The van der Waals surface area contributed by atoms with Gasteiger partial charge in [-0.1, -0.05) is 60.7 Å². The van der Waals surface area contributed by atoms with Crippen LogP contribution in [-0.2, 0) is 32.9 Å². The molecule has 1 aliphatic heterocycles. The lowest BCUT2D eigenvalue weighted by Gasteiger charge is -2.30. The molecule has 7 nitrogen and oxygen atoms in total. The van der Waals surface area contributed by atoms with Crippen molar-refractivity contribution in [2.45, 2.75) is 38.3 Å². The number of imidazole rings is 1. The van der Waals surface area contributed by atoms with Crippen molar-refractivity contribution in [1.82, 2.24) is 19.2 Å². The smallest absolute Gasteiger partial charge is 0.241 e. The molecule has 0 aliphatic carbocycles. The maximum absolute atomic E-state index is 14.0. The van der Waals surface area contributed by atoms with Crippen molar-refractivity contribution in [2.24, 2.45) is 0 Å². The van der Waals surface area contributed by atoms with Crippen molar-refractivity contribution in [2.75, 3.05) is 7.05 Å². The Bertz CT molecular complexity index is 1450. The highest BCUT2D eigenvalue weighted by Crippen LogP contribution is 2.42. The number of hydrogen-bond donors (Lipinski definition) is 0. The second-order valence-corrected chi connectivity index (χ2v) is 9.45. The largest absolute Gasteiger partial charge is 0.340 e. The van der Waals surface area contributed by atoms with E-state index in [2.05, 4.69) is 4.98 Å². The van der Waals surface area contributed by atoms with Gasteiger partial charge in [0.2, 0.25) is 17.7 Å². The van der Waals surface area contributed by atoms with Crippen LogP contribution in [-0.4, -0.2) is 44.0 Å². The Labute approximate surface area is 210 Å². The minimum absolute atomic E-state index is 0.0291. The molecule has 0 spiro atoms. The summed E-state index contributed by atoms with van der Waals surface area (Å²) >= 11 is 0. The molecule has 7 heteroatoms. The van der Waals surface area contributed by atoms with Crippen molar-refractivity contribution in [3.8, 4) is 0 Å². The Balaban J connectivity index is 1.45. The molecule has 0 saturated carbocycles. The quantitative estimate of drug-likeness (QED) is 0.376. The number of imide groups is 1. The minimum atomic E-state index is -1.23. The van der Waals surface area contributed by atoms with Crippen molar-refractivity contribution in [3.63, 3.8) is 0 Å². The maximum Gasteiger partial charge on any atom is 0.241 e. The van der Waals surface area contributed by atoms with E-state index in [1.54, 1.807) is 18.1 Å². The highest BCUT2D eigenvalue weighted by atomic mass is 16.2. The lowest BCUT2D eigenvalue weighted by atomic mass is 9.74. The molecule has 0 N–H and O–H groups in total. The van der Waals surface area contributed by atoms with Crippen LogP contribution >= 0.6 is 0 Å². The summed E-state index contributed by atoms with van der Waals surface area (Å²) in [4.78, 5) is 48.1. The first-order chi connectivity index (χ1) is 17.4. The van der Waals surface area contributed by atoms with E-state index in [0.717, 1.165) is 28.0 Å². The topological polar surface area (TPSA) is 75.0 Å². The number of aromatic nitrogens is 2. The van der Waals surface area contributed by atoms with Crippen molar-refractivity contribution in [3.05, 3.63) is 108 Å². The van der Waals surface area contributed by atoms with Crippen LogP contribution in [0.25, 0.3) is 5.65 Å². The number of likely N-dealkylation sites (tertiary alicyclic amines) is 1. The summed E-state index contributed by atoms with van der Waals surface area (Å²) in [5.74, 6) is -0.779. The first-order valence-electron chi connectivity index (χ1n) is 12.0. The SMILES string of the molecule is Cc1ccccc1[C@@]1(CC(=O)N(C)Cc2cnc3ccccn23)CC(=O)N(Cc2ccccc2)C1=O. The molecule has 1 aliphatic rings. The number of carbonyl (C=O) groups excluding carboxylic acids is 3. The molecule has 1 atom stereocenters. The number of carbonyl (C=O) groups is 3. The number of benzene rings is 2. The molecule has 1 saturated heterocycles. The van der Waals surface area contributed by atoms with Gasteiger partial charge in [-0.3, -0.25) is 19.3 Å². The van der Waals surface area contributed by atoms with Gasteiger partial charge in [-0.2, -0.15) is 0 Å². The number of hydrogen-bond acceptors (Lipinski definition) is 4. The summed E-state index contributed by atoms with van der Waals surface area (Å²) in [7, 11) is 1.72. The lowest BCUT2D eigenvalue weighted by molar-refractivity contribution is -0.143. The normalized spacial score (nSPS) is 17.7. The molecule has 36 heavy (non-hydrogen) atoms. The molecule has 2 aromatic heterocycles. The van der Waals surface area contributed by atoms with E-state index in [4.69, 9.17) is 0 Å². The first kappa shape index (κ1) is 23.5. The number of aryl methyl sites for hydroxylation is 1. The van der Waals surface area contributed by atoms with Crippen LogP contribution in [0.3, 0.4) is 0 Å². The average molecular weight is 481 g/mol. The Hall–Kier alpha value is -4.26. The summed E-state index contributed by atoms with van der Waals surface area (Å²) in [6, 6.07) is 22.7. The van der Waals surface area contributed by atoms with Crippen LogP contribution in [0, 0.1) is 6.92 Å². The zero-order valence-electron chi connectivity index (χ0n) is 20.4. The minimum Gasteiger partial charge on any atom is -0.340 e. The fourth-order valence-electron chi connectivity index (χ4n) is 5.11. The van der Waals surface area contributed by atoms with Gasteiger partial charge >= 0.3 is 0 Å². The van der Waals surface area contributed by atoms with E-state index in [0.29, 0.717) is 6.54 Å². The predicted molar refractivity (Wildman–Crippen MR) is 136 cm³/mol. The van der Waals surface area contributed by atoms with E-state index < -0.39 is 5.41 Å². The molecule has 4 aromatic rings. The van der Waals surface area contributed by atoms with E-state index in [1.165, 1.54) is 4.90 Å². The molecule has 2 aromatic carbocycles. The van der Waals surface area contributed by atoms with Gasteiger partial charge in [0.25, 0.3) is 0 Å². The van der Waals surface area contributed by atoms with Gasteiger partial charge < -0.3 is 9.30 Å². The fraction of sp³-hybridized carbons (Fsp3) is 0.241. The maximum atomic E-state index is 14.0. The number of amides is 3. The fourth-order valence-corrected chi connectivity index (χ4v) is 5.11. The van der Waals surface area contributed by atoms with Crippen LogP contribution in [0.2, 0.25) is 0 Å². The Morgan fingerprint density at radius 1 is 1.00 bits per heavy atom. The molecule has 0 unspecified atom stereocenters. The van der Waals surface area contributed by atoms with Gasteiger partial charge in [0.1, 0.15) is 5.65 Å². The summed E-state index contributed by atoms with van der Waals surface area (Å²) in [6.45, 7) is 2.45. The van der Waals surface area contributed by atoms with Crippen LogP contribution in [0.15, 0.2) is 85.2 Å². The molecule has 0 bridgehead atoms. The molecule has 5 rings (SSSR count). The van der Waals surface area contributed by atoms with Gasteiger partial charge in [0.15, 0.2) is 0 Å². The third-order valence-electron chi connectivity index (χ3n) is 7.02. The summed E-state index contributed by atoms with van der Waals surface area (Å²) in [6.07, 6.45) is 3.55. The third-order valence-corrected chi connectivity index (χ3v) is 7.02. The number of pyridine rings is 1. The van der Waals surface area contributed by atoms with Crippen LogP contribution in [0.1, 0.15) is 35.2 Å². The summed E-state index contributed by atoms with van der Waals surface area (Å²) < 4.78 is 1.94. The summed E-state index contributed by atoms with van der Waals surface area (Å²) in [5.41, 5.74) is 2.93. The van der Waals surface area contributed by atoms with Crippen molar-refractivity contribution in [1.29, 1.82) is 0 Å². The molecular formula is C29H28N4O3. The highest BCUT2D eigenvalue weighted by molar-refractivity contribution is 6.10. The number of rotatable bonds is 7. The second-order valence-electron chi connectivity index (χ2n) is 9.45. The molecule has 3 amide bonds. The van der Waals surface area contributed by atoms with Crippen molar-refractivity contribution >= 4 is 23.4 Å². The van der Waals surface area contributed by atoms with Gasteiger partial charge in [0.05, 0.1) is 30.4 Å². The third kappa shape index (κ3) is 4.17. The van der Waals surface area contributed by atoms with Gasteiger partial charge in [-0.15, -0.1) is 0 Å². The zero-order chi connectivity index (χ0) is 25.3. The van der Waals surface area contributed by atoms with Crippen LogP contribution < -0.4 is 0 Å². The van der Waals surface area contributed by atoms with Crippen molar-refractivity contribution < 1.29 is 14.4 Å². The second kappa shape index (κ2) is 9.41. The zero-order valence-corrected chi connectivity index (χ0v) is 20.4. The Morgan fingerprint density at radius 2 is 1.72 bits per heavy atom. The predicted octanol–water partition coefficient (Wildman–Crippen LogP) is 3.89. The van der Waals surface area contributed by atoms with Crippen LogP contribution in [0.4, 0.5) is 0 Å². The molecular weight excluding hydrogens is 452 g/mol. The molecule has 182 valence electrons. The first-order valence-corrected chi connectivity index (χ1v) is 12.0. The summed E-state index contributed by atoms with van der Waals surface area (Å²) in [5, 5.41) is 0.